The molecule has 0 radical (unpaired) electrons. The number of carbonyl (C=O) groups excluding carboxylic acids is 2. The highest BCUT2D eigenvalue weighted by Crippen LogP contribution is 2.26. The summed E-state index contributed by atoms with van der Waals surface area (Å²) < 4.78 is 29.6. The fraction of sp³-hybridized carbons (Fsp3) is 0.292. The van der Waals surface area contributed by atoms with Crippen LogP contribution in [0.25, 0.3) is 11.3 Å². The standard InChI is InChI=1S/C24H23FN2O5/c1-2-30-20-8-4-3-6-18(20)23(28)27-13-5-7-19(27)24(29)31-15-22-26-14-21(32-22)16-9-11-17(25)12-10-16/h3-4,6,8-12,14,19H,2,5,7,13,15H2,1H3/t19-/m0/s1. The van der Waals surface area contributed by atoms with Gasteiger partial charge in [-0.15, -0.1) is 0 Å². The lowest BCUT2D eigenvalue weighted by atomic mass is 10.1. The molecule has 0 N–H and O–H groups in total. The van der Waals surface area contributed by atoms with Crippen LogP contribution in [0.1, 0.15) is 36.0 Å². The van der Waals surface area contributed by atoms with Crippen LogP contribution in [0.3, 0.4) is 0 Å². The topological polar surface area (TPSA) is 81.9 Å². The molecule has 0 saturated carbocycles. The summed E-state index contributed by atoms with van der Waals surface area (Å²) in [7, 11) is 0. The average Bonchev–Trinajstić information content (AvgIpc) is 3.48. The van der Waals surface area contributed by atoms with Crippen molar-refractivity contribution in [3.63, 3.8) is 0 Å². The predicted octanol–water partition coefficient (Wildman–Crippen LogP) is 4.23. The Balaban J connectivity index is 1.40. The van der Waals surface area contributed by atoms with Crippen molar-refractivity contribution >= 4 is 11.9 Å². The van der Waals surface area contributed by atoms with E-state index in [-0.39, 0.29) is 24.2 Å². The summed E-state index contributed by atoms with van der Waals surface area (Å²) in [5, 5.41) is 0. The second-order valence-electron chi connectivity index (χ2n) is 7.32. The van der Waals surface area contributed by atoms with Crippen molar-refractivity contribution in [3.8, 4) is 17.1 Å². The lowest BCUT2D eigenvalue weighted by Crippen LogP contribution is -2.41. The van der Waals surface area contributed by atoms with Gasteiger partial charge in [-0.2, -0.15) is 0 Å². The zero-order chi connectivity index (χ0) is 22.5. The molecule has 4 rings (SSSR count). The van der Waals surface area contributed by atoms with E-state index in [1.807, 2.05) is 6.92 Å². The van der Waals surface area contributed by atoms with E-state index in [9.17, 15) is 14.0 Å². The lowest BCUT2D eigenvalue weighted by Gasteiger charge is -2.24. The summed E-state index contributed by atoms with van der Waals surface area (Å²) in [5.74, 6) is 0.0417. The first kappa shape index (κ1) is 21.5. The molecule has 32 heavy (non-hydrogen) atoms. The molecule has 0 unspecified atom stereocenters. The molecule has 1 fully saturated rings. The van der Waals surface area contributed by atoms with Gasteiger partial charge in [0.15, 0.2) is 12.4 Å². The molecule has 8 heteroatoms. The number of carbonyl (C=O) groups is 2. The predicted molar refractivity (Wildman–Crippen MR) is 113 cm³/mol. The number of oxazole rings is 1. The molecule has 7 nitrogen and oxygen atoms in total. The Morgan fingerprint density at radius 1 is 1.19 bits per heavy atom. The fourth-order valence-electron chi connectivity index (χ4n) is 3.69. The SMILES string of the molecule is CCOc1ccccc1C(=O)N1CCC[C@H]1C(=O)OCc1ncc(-c2ccc(F)cc2)o1. The number of likely N-dealkylation sites (tertiary alicyclic amines) is 1. The molecule has 1 aliphatic rings. The van der Waals surface area contributed by atoms with Gasteiger partial charge in [-0.25, -0.2) is 14.2 Å². The van der Waals surface area contributed by atoms with Crippen LogP contribution in [0.4, 0.5) is 4.39 Å². The quantitative estimate of drug-likeness (QED) is 0.514. The van der Waals surface area contributed by atoms with Crippen LogP contribution in [-0.2, 0) is 16.1 Å². The Morgan fingerprint density at radius 2 is 1.97 bits per heavy atom. The van der Waals surface area contributed by atoms with Crippen molar-refractivity contribution < 1.29 is 27.9 Å². The molecule has 166 valence electrons. The van der Waals surface area contributed by atoms with Gasteiger partial charge < -0.3 is 18.8 Å². The van der Waals surface area contributed by atoms with Crippen LogP contribution in [-0.4, -0.2) is 41.0 Å². The summed E-state index contributed by atoms with van der Waals surface area (Å²) in [6, 6.07) is 12.1. The van der Waals surface area contributed by atoms with Gasteiger partial charge in [-0.3, -0.25) is 4.79 Å². The molecule has 1 saturated heterocycles. The van der Waals surface area contributed by atoms with Crippen LogP contribution in [0.2, 0.25) is 0 Å². The molecule has 2 aromatic carbocycles. The lowest BCUT2D eigenvalue weighted by molar-refractivity contribution is -0.150. The molecule has 1 amide bonds. The van der Waals surface area contributed by atoms with E-state index in [0.29, 0.717) is 48.6 Å². The van der Waals surface area contributed by atoms with E-state index in [1.165, 1.54) is 23.2 Å². The largest absolute Gasteiger partial charge is 0.493 e. The summed E-state index contributed by atoms with van der Waals surface area (Å²) in [6.45, 7) is 2.59. The number of aromatic nitrogens is 1. The Labute approximate surface area is 184 Å². The number of hydrogen-bond acceptors (Lipinski definition) is 6. The zero-order valence-corrected chi connectivity index (χ0v) is 17.6. The molecule has 2 heterocycles. The second kappa shape index (κ2) is 9.64. The highest BCUT2D eigenvalue weighted by atomic mass is 19.1. The maximum atomic E-state index is 13.1. The first-order valence-electron chi connectivity index (χ1n) is 10.5. The van der Waals surface area contributed by atoms with Crippen molar-refractivity contribution in [1.82, 2.24) is 9.88 Å². The summed E-state index contributed by atoms with van der Waals surface area (Å²) in [5.41, 5.74) is 1.09. The van der Waals surface area contributed by atoms with E-state index < -0.39 is 12.0 Å². The Hall–Kier alpha value is -3.68. The van der Waals surface area contributed by atoms with Crippen molar-refractivity contribution in [3.05, 3.63) is 72.0 Å². The van der Waals surface area contributed by atoms with Crippen molar-refractivity contribution in [2.24, 2.45) is 0 Å². The maximum absolute atomic E-state index is 13.1. The summed E-state index contributed by atoms with van der Waals surface area (Å²) in [4.78, 5) is 31.5. The molecular formula is C24H23FN2O5. The normalized spacial score (nSPS) is 15.6. The highest BCUT2D eigenvalue weighted by Gasteiger charge is 2.36. The number of para-hydroxylation sites is 1. The third-order valence-corrected chi connectivity index (χ3v) is 5.22. The molecular weight excluding hydrogens is 415 g/mol. The number of esters is 1. The second-order valence-corrected chi connectivity index (χ2v) is 7.32. The molecule has 0 spiro atoms. The van der Waals surface area contributed by atoms with Gasteiger partial charge in [0.1, 0.15) is 17.6 Å². The van der Waals surface area contributed by atoms with Crippen LogP contribution < -0.4 is 4.74 Å². The fourth-order valence-corrected chi connectivity index (χ4v) is 3.69. The minimum Gasteiger partial charge on any atom is -0.493 e. The number of hydrogen-bond donors (Lipinski definition) is 0. The van der Waals surface area contributed by atoms with E-state index >= 15 is 0 Å². The average molecular weight is 438 g/mol. The van der Waals surface area contributed by atoms with Gasteiger partial charge in [0, 0.05) is 12.1 Å². The van der Waals surface area contributed by atoms with E-state index in [2.05, 4.69) is 4.98 Å². The van der Waals surface area contributed by atoms with Crippen LogP contribution >= 0.6 is 0 Å². The Kier molecular flexibility index (Phi) is 6.49. The minimum absolute atomic E-state index is 0.159. The molecule has 1 aromatic heterocycles. The molecule has 1 aliphatic heterocycles. The molecule has 0 aliphatic carbocycles. The van der Waals surface area contributed by atoms with Gasteiger partial charge in [0.2, 0.25) is 5.89 Å². The van der Waals surface area contributed by atoms with Gasteiger partial charge in [-0.1, -0.05) is 12.1 Å². The van der Waals surface area contributed by atoms with Crippen LogP contribution in [0.15, 0.2) is 59.1 Å². The van der Waals surface area contributed by atoms with Gasteiger partial charge in [0.05, 0.1) is 18.4 Å². The Bertz CT molecular complexity index is 1100. The number of nitrogens with zero attached hydrogens (tertiary/aromatic N) is 2. The van der Waals surface area contributed by atoms with Crippen molar-refractivity contribution in [2.75, 3.05) is 13.2 Å². The van der Waals surface area contributed by atoms with Crippen molar-refractivity contribution in [2.45, 2.75) is 32.4 Å². The number of amides is 1. The summed E-state index contributed by atoms with van der Waals surface area (Å²) >= 11 is 0. The van der Waals surface area contributed by atoms with Crippen molar-refractivity contribution in [1.29, 1.82) is 0 Å². The summed E-state index contributed by atoms with van der Waals surface area (Å²) in [6.07, 6.45) is 2.72. The monoisotopic (exact) mass is 438 g/mol. The number of ether oxygens (including phenoxy) is 2. The van der Waals surface area contributed by atoms with E-state index in [0.717, 1.165) is 0 Å². The van der Waals surface area contributed by atoms with E-state index in [4.69, 9.17) is 13.9 Å². The van der Waals surface area contributed by atoms with Gasteiger partial charge >= 0.3 is 5.97 Å². The van der Waals surface area contributed by atoms with Crippen LogP contribution in [0.5, 0.6) is 5.75 Å². The smallest absolute Gasteiger partial charge is 0.329 e. The first-order valence-corrected chi connectivity index (χ1v) is 10.5. The number of halogens is 1. The third-order valence-electron chi connectivity index (χ3n) is 5.22. The highest BCUT2D eigenvalue weighted by molar-refractivity contribution is 5.99. The maximum Gasteiger partial charge on any atom is 0.329 e. The zero-order valence-electron chi connectivity index (χ0n) is 17.6. The van der Waals surface area contributed by atoms with Crippen LogP contribution in [0, 0.1) is 5.82 Å². The minimum atomic E-state index is -0.677. The molecule has 1 atom stereocenters. The molecule has 0 bridgehead atoms. The number of rotatable bonds is 7. The number of benzene rings is 2. The van der Waals surface area contributed by atoms with Gasteiger partial charge in [0.25, 0.3) is 5.91 Å². The van der Waals surface area contributed by atoms with Gasteiger partial charge in [-0.05, 0) is 56.2 Å². The first-order chi connectivity index (χ1) is 15.6. The third kappa shape index (κ3) is 4.64. The Morgan fingerprint density at radius 3 is 2.75 bits per heavy atom. The van der Waals surface area contributed by atoms with E-state index in [1.54, 1.807) is 36.4 Å². The molecule has 3 aromatic rings.